The molecule has 0 aliphatic rings. The molecule has 0 amide bonds. The molecule has 1 atom stereocenters. The Labute approximate surface area is 90.2 Å². The molecular formula is C12H17NO2. The van der Waals surface area contributed by atoms with E-state index < -0.39 is 0 Å². The van der Waals surface area contributed by atoms with Gasteiger partial charge in [0.15, 0.2) is 0 Å². The predicted molar refractivity (Wildman–Crippen MR) is 60.6 cm³/mol. The number of benzene rings is 1. The Bertz CT molecular complexity index is 319. The van der Waals surface area contributed by atoms with E-state index in [1.54, 1.807) is 24.3 Å². The smallest absolute Gasteiger partial charge is 0.338 e. The van der Waals surface area contributed by atoms with Gasteiger partial charge < -0.3 is 10.5 Å². The Hall–Kier alpha value is -1.51. The molecule has 0 saturated heterocycles. The second-order valence-corrected chi connectivity index (χ2v) is 3.63. The molecule has 3 nitrogen and oxygen atoms in total. The van der Waals surface area contributed by atoms with Gasteiger partial charge in [-0.1, -0.05) is 13.3 Å². The van der Waals surface area contributed by atoms with Crippen LogP contribution < -0.4 is 5.73 Å². The molecule has 1 rings (SSSR count). The SMILES string of the molecule is CCC[C@H](C)OC(=O)c1ccc(N)cc1. The van der Waals surface area contributed by atoms with Crippen LogP contribution in [0.25, 0.3) is 0 Å². The number of hydrogen-bond donors (Lipinski definition) is 1. The summed E-state index contributed by atoms with van der Waals surface area (Å²) in [6, 6.07) is 6.74. The van der Waals surface area contributed by atoms with Crippen LogP contribution in [0.1, 0.15) is 37.0 Å². The van der Waals surface area contributed by atoms with E-state index >= 15 is 0 Å². The van der Waals surface area contributed by atoms with Crippen LogP contribution >= 0.6 is 0 Å². The maximum atomic E-state index is 11.6. The summed E-state index contributed by atoms with van der Waals surface area (Å²) in [4.78, 5) is 11.6. The highest BCUT2D eigenvalue weighted by Gasteiger charge is 2.10. The van der Waals surface area contributed by atoms with Gasteiger partial charge in [0.05, 0.1) is 11.7 Å². The zero-order chi connectivity index (χ0) is 11.3. The van der Waals surface area contributed by atoms with Crippen molar-refractivity contribution in [2.24, 2.45) is 0 Å². The lowest BCUT2D eigenvalue weighted by molar-refractivity contribution is 0.0323. The van der Waals surface area contributed by atoms with Crippen LogP contribution in [0.5, 0.6) is 0 Å². The highest BCUT2D eigenvalue weighted by Crippen LogP contribution is 2.09. The topological polar surface area (TPSA) is 52.3 Å². The number of carbonyl (C=O) groups is 1. The molecule has 82 valence electrons. The fraction of sp³-hybridized carbons (Fsp3) is 0.417. The molecule has 3 heteroatoms. The third-order valence-electron chi connectivity index (χ3n) is 2.15. The molecule has 15 heavy (non-hydrogen) atoms. The second-order valence-electron chi connectivity index (χ2n) is 3.63. The average Bonchev–Trinajstić information content (AvgIpc) is 2.18. The van der Waals surface area contributed by atoms with Crippen molar-refractivity contribution in [2.45, 2.75) is 32.8 Å². The molecule has 0 spiro atoms. The van der Waals surface area contributed by atoms with E-state index in [1.807, 2.05) is 6.92 Å². The van der Waals surface area contributed by atoms with E-state index in [-0.39, 0.29) is 12.1 Å². The first-order valence-electron chi connectivity index (χ1n) is 5.20. The van der Waals surface area contributed by atoms with Gasteiger partial charge in [-0.25, -0.2) is 4.79 Å². The molecule has 0 unspecified atom stereocenters. The monoisotopic (exact) mass is 207 g/mol. The number of anilines is 1. The molecule has 0 heterocycles. The van der Waals surface area contributed by atoms with E-state index in [0.717, 1.165) is 12.8 Å². The number of rotatable bonds is 4. The minimum Gasteiger partial charge on any atom is -0.459 e. The largest absolute Gasteiger partial charge is 0.459 e. The van der Waals surface area contributed by atoms with Crippen molar-refractivity contribution in [1.82, 2.24) is 0 Å². The number of nitrogens with two attached hydrogens (primary N) is 1. The molecule has 0 bridgehead atoms. The number of nitrogen functional groups attached to an aromatic ring is 1. The maximum Gasteiger partial charge on any atom is 0.338 e. The number of esters is 1. The molecule has 2 N–H and O–H groups in total. The van der Waals surface area contributed by atoms with Crippen LogP contribution in [-0.4, -0.2) is 12.1 Å². The number of hydrogen-bond acceptors (Lipinski definition) is 3. The molecule has 0 saturated carbocycles. The first-order chi connectivity index (χ1) is 7.13. The minimum absolute atomic E-state index is 0.0277. The van der Waals surface area contributed by atoms with Crippen LogP contribution in [0.3, 0.4) is 0 Å². The summed E-state index contributed by atoms with van der Waals surface area (Å²) >= 11 is 0. The maximum absolute atomic E-state index is 11.6. The first-order valence-corrected chi connectivity index (χ1v) is 5.20. The first kappa shape index (κ1) is 11.6. The summed E-state index contributed by atoms with van der Waals surface area (Å²) in [6.45, 7) is 3.96. The third kappa shape index (κ3) is 3.62. The van der Waals surface area contributed by atoms with Crippen LogP contribution in [-0.2, 0) is 4.74 Å². The van der Waals surface area contributed by atoms with Gasteiger partial charge in [-0.05, 0) is 37.6 Å². The van der Waals surface area contributed by atoms with E-state index in [0.29, 0.717) is 11.3 Å². The highest BCUT2D eigenvalue weighted by atomic mass is 16.5. The zero-order valence-corrected chi connectivity index (χ0v) is 9.19. The normalized spacial score (nSPS) is 12.1. The van der Waals surface area contributed by atoms with Crippen molar-refractivity contribution in [2.75, 3.05) is 5.73 Å². The average molecular weight is 207 g/mol. The zero-order valence-electron chi connectivity index (χ0n) is 9.19. The molecule has 0 aromatic heterocycles. The van der Waals surface area contributed by atoms with Crippen molar-refractivity contribution in [3.05, 3.63) is 29.8 Å². The predicted octanol–water partition coefficient (Wildman–Crippen LogP) is 2.61. The minimum atomic E-state index is -0.282. The summed E-state index contributed by atoms with van der Waals surface area (Å²) in [7, 11) is 0. The van der Waals surface area contributed by atoms with Gasteiger partial charge in [-0.3, -0.25) is 0 Å². The molecule has 0 aliphatic heterocycles. The van der Waals surface area contributed by atoms with Gasteiger partial charge in [0.25, 0.3) is 0 Å². The van der Waals surface area contributed by atoms with Gasteiger partial charge in [0, 0.05) is 5.69 Å². The van der Waals surface area contributed by atoms with Crippen LogP contribution in [0.15, 0.2) is 24.3 Å². The van der Waals surface area contributed by atoms with Gasteiger partial charge in [-0.2, -0.15) is 0 Å². The third-order valence-corrected chi connectivity index (χ3v) is 2.15. The van der Waals surface area contributed by atoms with Crippen LogP contribution in [0.2, 0.25) is 0 Å². The molecule has 0 radical (unpaired) electrons. The van der Waals surface area contributed by atoms with Crippen LogP contribution in [0, 0.1) is 0 Å². The van der Waals surface area contributed by atoms with Gasteiger partial charge in [0.2, 0.25) is 0 Å². The van der Waals surface area contributed by atoms with Crippen molar-refractivity contribution < 1.29 is 9.53 Å². The summed E-state index contributed by atoms with van der Waals surface area (Å²) in [6.07, 6.45) is 1.87. The number of carbonyl (C=O) groups excluding carboxylic acids is 1. The van der Waals surface area contributed by atoms with Gasteiger partial charge in [0.1, 0.15) is 0 Å². The van der Waals surface area contributed by atoms with Crippen molar-refractivity contribution >= 4 is 11.7 Å². The molecule has 0 aliphatic carbocycles. The van der Waals surface area contributed by atoms with Crippen molar-refractivity contribution in [1.29, 1.82) is 0 Å². The number of ether oxygens (including phenoxy) is 1. The quantitative estimate of drug-likeness (QED) is 0.610. The van der Waals surface area contributed by atoms with Gasteiger partial charge in [-0.15, -0.1) is 0 Å². The Morgan fingerprint density at radius 1 is 1.40 bits per heavy atom. The summed E-state index contributed by atoms with van der Waals surface area (Å²) < 4.78 is 5.24. The molecular weight excluding hydrogens is 190 g/mol. The Morgan fingerprint density at radius 3 is 2.53 bits per heavy atom. The van der Waals surface area contributed by atoms with E-state index in [1.165, 1.54) is 0 Å². The highest BCUT2D eigenvalue weighted by molar-refractivity contribution is 5.89. The lowest BCUT2D eigenvalue weighted by atomic mass is 10.2. The fourth-order valence-electron chi connectivity index (χ4n) is 1.34. The van der Waals surface area contributed by atoms with Gasteiger partial charge >= 0.3 is 5.97 Å². The Morgan fingerprint density at radius 2 is 2.00 bits per heavy atom. The summed E-state index contributed by atoms with van der Waals surface area (Å²) in [5.74, 6) is -0.282. The standard InChI is InChI=1S/C12H17NO2/c1-3-4-9(2)15-12(14)10-5-7-11(13)8-6-10/h5-9H,3-4,13H2,1-2H3/t9-/m0/s1. The fourth-order valence-corrected chi connectivity index (χ4v) is 1.34. The molecule has 1 aromatic rings. The van der Waals surface area contributed by atoms with Crippen LogP contribution in [0.4, 0.5) is 5.69 Å². The second kappa shape index (κ2) is 5.39. The summed E-state index contributed by atoms with van der Waals surface area (Å²) in [5.41, 5.74) is 6.72. The lowest BCUT2D eigenvalue weighted by Crippen LogP contribution is -2.14. The summed E-state index contributed by atoms with van der Waals surface area (Å²) in [5, 5.41) is 0. The molecule has 0 fully saturated rings. The van der Waals surface area contributed by atoms with Crippen molar-refractivity contribution in [3.63, 3.8) is 0 Å². The Balaban J connectivity index is 2.57. The van der Waals surface area contributed by atoms with E-state index in [4.69, 9.17) is 10.5 Å². The Kier molecular flexibility index (Phi) is 4.16. The van der Waals surface area contributed by atoms with E-state index in [2.05, 4.69) is 6.92 Å². The molecule has 1 aromatic carbocycles. The lowest BCUT2D eigenvalue weighted by Gasteiger charge is -2.11. The van der Waals surface area contributed by atoms with Crippen molar-refractivity contribution in [3.8, 4) is 0 Å². The van der Waals surface area contributed by atoms with E-state index in [9.17, 15) is 4.79 Å².